The Balaban J connectivity index is 1.51. The summed E-state index contributed by atoms with van der Waals surface area (Å²) in [6.45, 7) is 0. The average Bonchev–Trinajstić information content (AvgIpc) is 3.02. The quantitative estimate of drug-likeness (QED) is 0.0689. The van der Waals surface area contributed by atoms with E-state index < -0.39 is 33.7 Å². The van der Waals surface area contributed by atoms with Crippen molar-refractivity contribution in [2.24, 2.45) is 0 Å². The number of nitrogens with zero attached hydrogens (tertiary/aromatic N) is 2. The summed E-state index contributed by atoms with van der Waals surface area (Å²) in [6.07, 6.45) is 0. The van der Waals surface area contributed by atoms with Gasteiger partial charge in [0, 0.05) is 35.0 Å². The van der Waals surface area contributed by atoms with Gasteiger partial charge in [0.25, 0.3) is 11.4 Å². The summed E-state index contributed by atoms with van der Waals surface area (Å²) in [4.78, 5) is 73.0. The Morgan fingerprint density at radius 2 is 0.933 bits per heavy atom. The second-order valence-electron chi connectivity index (χ2n) is 9.92. The van der Waals surface area contributed by atoms with E-state index in [0.29, 0.717) is 10.8 Å². The first-order valence-electron chi connectivity index (χ1n) is 13.0. The fourth-order valence-corrected chi connectivity index (χ4v) is 5.49. The predicted molar refractivity (Wildman–Crippen MR) is 160 cm³/mol. The minimum absolute atomic E-state index is 0.127. The minimum Gasteiger partial charge on any atom is -0.478 e. The molecule has 0 spiro atoms. The molecule has 0 saturated heterocycles. The molecule has 13 nitrogen and oxygen atoms in total. The number of nitro groups is 2. The van der Waals surface area contributed by atoms with Crippen molar-refractivity contribution < 1.29 is 44.0 Å². The van der Waals surface area contributed by atoms with Gasteiger partial charge in [0.15, 0.2) is 0 Å². The Labute approximate surface area is 249 Å². The number of carboxylic acids is 2. The maximum absolute atomic E-state index is 13.5. The van der Waals surface area contributed by atoms with Gasteiger partial charge in [0.1, 0.15) is 0 Å². The van der Waals surface area contributed by atoms with Gasteiger partial charge in [-0.1, -0.05) is 24.3 Å². The molecule has 6 rings (SSSR count). The summed E-state index contributed by atoms with van der Waals surface area (Å²) in [7, 11) is 0. The number of hydrogen-bond acceptors (Lipinski definition) is 9. The molecule has 0 bridgehead atoms. The standard InChI is InChI=1S/C32H16N2O11/c35-29(36)25-11-15-7-9-17(33(41)42)13-23(15)19-3-1-5-21(27(19)25)31(39)45-32(40)22-6-2-4-20-24-14-18(34(43)44)10-8-16(24)12-26(28(20)22)30(37)38/h1-14H,(H,35,36)(H,37,38). The molecule has 45 heavy (non-hydrogen) atoms. The number of non-ortho nitro benzene ring substituents is 2. The summed E-state index contributed by atoms with van der Waals surface area (Å²) in [6, 6.07) is 18.4. The molecule has 0 aromatic heterocycles. The summed E-state index contributed by atoms with van der Waals surface area (Å²) in [5.74, 6) is -5.34. The molecule has 0 atom stereocenters. The Kier molecular flexibility index (Phi) is 6.62. The van der Waals surface area contributed by atoms with Gasteiger partial charge in [-0.3, -0.25) is 20.2 Å². The van der Waals surface area contributed by atoms with Crippen LogP contribution in [0.5, 0.6) is 0 Å². The van der Waals surface area contributed by atoms with Crippen molar-refractivity contribution in [1.29, 1.82) is 0 Å². The van der Waals surface area contributed by atoms with Crippen LogP contribution in [0.3, 0.4) is 0 Å². The Morgan fingerprint density at radius 1 is 0.533 bits per heavy atom. The third-order valence-electron chi connectivity index (χ3n) is 7.43. The molecule has 13 heteroatoms. The van der Waals surface area contributed by atoms with Crippen LogP contribution >= 0.6 is 0 Å². The van der Waals surface area contributed by atoms with E-state index in [1.165, 1.54) is 84.9 Å². The molecule has 0 heterocycles. The van der Waals surface area contributed by atoms with Crippen molar-refractivity contribution in [2.75, 3.05) is 0 Å². The fourth-order valence-electron chi connectivity index (χ4n) is 5.49. The number of aromatic carboxylic acids is 2. The predicted octanol–water partition coefficient (Wildman–Crippen LogP) is 6.51. The number of esters is 2. The molecular formula is C32H16N2O11. The van der Waals surface area contributed by atoms with E-state index in [-0.39, 0.29) is 65.9 Å². The highest BCUT2D eigenvalue weighted by Gasteiger charge is 2.26. The highest BCUT2D eigenvalue weighted by molar-refractivity contribution is 6.24. The van der Waals surface area contributed by atoms with Crippen LogP contribution in [0.1, 0.15) is 41.4 Å². The molecule has 220 valence electrons. The van der Waals surface area contributed by atoms with Crippen LogP contribution in [-0.4, -0.2) is 43.9 Å². The van der Waals surface area contributed by atoms with Gasteiger partial charge in [-0.2, -0.15) is 0 Å². The van der Waals surface area contributed by atoms with E-state index in [1.807, 2.05) is 0 Å². The molecule has 2 N–H and O–H groups in total. The van der Waals surface area contributed by atoms with E-state index >= 15 is 0 Å². The fraction of sp³-hybridized carbons (Fsp3) is 0. The normalized spacial score (nSPS) is 11.1. The van der Waals surface area contributed by atoms with Crippen LogP contribution < -0.4 is 0 Å². The monoisotopic (exact) mass is 604 g/mol. The largest absolute Gasteiger partial charge is 0.478 e. The molecule has 0 saturated carbocycles. The molecule has 0 aliphatic carbocycles. The third kappa shape index (κ3) is 4.70. The number of rotatable bonds is 6. The van der Waals surface area contributed by atoms with Gasteiger partial charge in [-0.25, -0.2) is 19.2 Å². The lowest BCUT2D eigenvalue weighted by Gasteiger charge is -2.13. The van der Waals surface area contributed by atoms with Crippen LogP contribution in [0.15, 0.2) is 84.9 Å². The van der Waals surface area contributed by atoms with E-state index in [1.54, 1.807) is 0 Å². The molecule has 0 aliphatic rings. The first-order chi connectivity index (χ1) is 21.5. The number of nitro benzene ring substituents is 2. The van der Waals surface area contributed by atoms with E-state index in [9.17, 15) is 49.6 Å². The number of carbonyl (C=O) groups excluding carboxylic acids is 2. The molecule has 0 aliphatic heterocycles. The number of fused-ring (bicyclic) bond motifs is 6. The Bertz CT molecular complexity index is 2200. The summed E-state index contributed by atoms with van der Waals surface area (Å²) in [5.41, 5.74) is -1.83. The summed E-state index contributed by atoms with van der Waals surface area (Å²) >= 11 is 0. The molecule has 0 radical (unpaired) electrons. The molecule has 6 aromatic carbocycles. The van der Waals surface area contributed by atoms with Crippen molar-refractivity contribution >= 4 is 78.3 Å². The number of carbonyl (C=O) groups is 4. The Hall–Kier alpha value is -6.76. The van der Waals surface area contributed by atoms with Crippen molar-refractivity contribution in [3.05, 3.63) is 127 Å². The molecule has 0 unspecified atom stereocenters. The zero-order valence-corrected chi connectivity index (χ0v) is 22.5. The molecule has 6 aromatic rings. The molecular weight excluding hydrogens is 588 g/mol. The van der Waals surface area contributed by atoms with Crippen molar-refractivity contribution in [1.82, 2.24) is 0 Å². The SMILES string of the molecule is O=C(O)c1cc2ccc([N+](=O)[O-])cc2c2cccc(C(=O)OC(=O)c3cccc4c3c(C(=O)O)cc3ccc([N+](=O)[O-])cc34)c12. The van der Waals surface area contributed by atoms with E-state index in [2.05, 4.69) is 0 Å². The zero-order chi connectivity index (χ0) is 32.2. The first-order valence-corrected chi connectivity index (χ1v) is 13.0. The first kappa shape index (κ1) is 28.4. The highest BCUT2D eigenvalue weighted by atomic mass is 16.6. The number of hydrogen-bond donors (Lipinski definition) is 2. The van der Waals surface area contributed by atoms with Crippen molar-refractivity contribution in [3.8, 4) is 0 Å². The molecule has 0 amide bonds. The number of carboxylic acid groups (broad SMARTS) is 2. The van der Waals surface area contributed by atoms with Crippen molar-refractivity contribution in [3.63, 3.8) is 0 Å². The zero-order valence-electron chi connectivity index (χ0n) is 22.5. The second-order valence-corrected chi connectivity index (χ2v) is 9.92. The lowest BCUT2D eigenvalue weighted by atomic mass is 9.93. The Morgan fingerprint density at radius 3 is 1.29 bits per heavy atom. The topological polar surface area (TPSA) is 204 Å². The van der Waals surface area contributed by atoms with E-state index in [0.717, 1.165) is 0 Å². The van der Waals surface area contributed by atoms with Crippen LogP contribution in [0.2, 0.25) is 0 Å². The van der Waals surface area contributed by atoms with Crippen LogP contribution in [0, 0.1) is 20.2 Å². The van der Waals surface area contributed by atoms with Crippen molar-refractivity contribution in [2.45, 2.75) is 0 Å². The lowest BCUT2D eigenvalue weighted by molar-refractivity contribution is -0.384. The minimum atomic E-state index is -1.41. The van der Waals surface area contributed by atoms with E-state index in [4.69, 9.17) is 4.74 Å². The molecule has 0 fully saturated rings. The van der Waals surface area contributed by atoms with Gasteiger partial charge < -0.3 is 14.9 Å². The maximum atomic E-state index is 13.5. The van der Waals surface area contributed by atoms with Crippen LogP contribution in [-0.2, 0) is 4.74 Å². The number of ether oxygens (including phenoxy) is 1. The van der Waals surface area contributed by atoms with Gasteiger partial charge >= 0.3 is 23.9 Å². The number of benzene rings is 6. The third-order valence-corrected chi connectivity index (χ3v) is 7.43. The van der Waals surface area contributed by atoms with Gasteiger partial charge in [0.2, 0.25) is 0 Å². The lowest BCUT2D eigenvalue weighted by Crippen LogP contribution is -2.15. The van der Waals surface area contributed by atoms with Crippen LogP contribution in [0.25, 0.3) is 43.1 Å². The maximum Gasteiger partial charge on any atom is 0.346 e. The summed E-state index contributed by atoms with van der Waals surface area (Å²) in [5, 5.41) is 44.1. The van der Waals surface area contributed by atoms with Crippen LogP contribution in [0.4, 0.5) is 11.4 Å². The smallest absolute Gasteiger partial charge is 0.346 e. The van der Waals surface area contributed by atoms with Gasteiger partial charge in [0.05, 0.1) is 32.1 Å². The summed E-state index contributed by atoms with van der Waals surface area (Å²) < 4.78 is 5.18. The van der Waals surface area contributed by atoms with Gasteiger partial charge in [-0.05, 0) is 68.7 Å². The van der Waals surface area contributed by atoms with Gasteiger partial charge in [-0.15, -0.1) is 0 Å². The highest BCUT2D eigenvalue weighted by Crippen LogP contribution is 2.36. The average molecular weight is 604 g/mol. The second kappa shape index (κ2) is 10.5.